The Bertz CT molecular complexity index is 430. The van der Waals surface area contributed by atoms with Gasteiger partial charge in [-0.25, -0.2) is 0 Å². The van der Waals surface area contributed by atoms with E-state index in [1.807, 2.05) is 12.1 Å². The maximum absolute atomic E-state index is 11.2. The summed E-state index contributed by atoms with van der Waals surface area (Å²) in [6.45, 7) is 10.6. The van der Waals surface area contributed by atoms with Crippen LogP contribution in [-0.4, -0.2) is 27.0 Å². The van der Waals surface area contributed by atoms with Crippen molar-refractivity contribution in [1.82, 2.24) is 0 Å². The molecule has 0 saturated heterocycles. The molecule has 1 aromatic rings. The number of methoxy groups -OCH3 is 1. The zero-order valence-electron chi connectivity index (χ0n) is 12.7. The van der Waals surface area contributed by atoms with E-state index in [4.69, 9.17) is 4.43 Å². The summed E-state index contributed by atoms with van der Waals surface area (Å²) in [5, 5.41) is 1.23. The number of hydrogen-bond acceptors (Lipinski definition) is 3. The van der Waals surface area contributed by atoms with Crippen LogP contribution >= 0.6 is 0 Å². The molecule has 0 amide bonds. The van der Waals surface area contributed by atoms with Gasteiger partial charge in [0.25, 0.3) is 0 Å². The Labute approximate surface area is 117 Å². The van der Waals surface area contributed by atoms with Gasteiger partial charge >= 0.3 is 5.97 Å². The fourth-order valence-electron chi connectivity index (χ4n) is 2.09. The highest BCUT2D eigenvalue weighted by Gasteiger charge is 2.30. The van der Waals surface area contributed by atoms with Gasteiger partial charge in [0, 0.05) is 5.60 Å². The molecule has 0 bridgehead atoms. The molecule has 0 aromatic heterocycles. The van der Waals surface area contributed by atoms with Gasteiger partial charge in [-0.05, 0) is 44.6 Å². The quantitative estimate of drug-likeness (QED) is 0.628. The third-order valence-corrected chi connectivity index (χ3v) is 5.63. The molecule has 0 unspecified atom stereocenters. The van der Waals surface area contributed by atoms with Crippen LogP contribution < -0.4 is 5.19 Å². The van der Waals surface area contributed by atoms with Gasteiger partial charge in [0.1, 0.15) is 0 Å². The molecule has 3 nitrogen and oxygen atoms in total. The van der Waals surface area contributed by atoms with Crippen LogP contribution in [0.5, 0.6) is 0 Å². The van der Waals surface area contributed by atoms with Crippen molar-refractivity contribution < 1.29 is 14.0 Å². The van der Waals surface area contributed by atoms with Crippen LogP contribution in [0.4, 0.5) is 0 Å². The summed E-state index contributed by atoms with van der Waals surface area (Å²) in [4.78, 5) is 11.2. The van der Waals surface area contributed by atoms with Crippen LogP contribution in [0.2, 0.25) is 13.1 Å². The van der Waals surface area contributed by atoms with Crippen molar-refractivity contribution in [2.24, 2.45) is 0 Å². The highest BCUT2D eigenvalue weighted by Crippen LogP contribution is 2.17. The molecule has 0 radical (unpaired) electrons. The topological polar surface area (TPSA) is 35.5 Å². The molecule has 0 aliphatic rings. The van der Waals surface area contributed by atoms with E-state index in [9.17, 15) is 4.79 Å². The molecule has 4 heteroatoms. The van der Waals surface area contributed by atoms with E-state index >= 15 is 0 Å². The van der Waals surface area contributed by atoms with E-state index in [0.717, 1.165) is 5.56 Å². The Kier molecular flexibility index (Phi) is 4.93. The monoisotopic (exact) mass is 280 g/mol. The number of rotatable bonds is 4. The molecule has 0 N–H and O–H groups in total. The molecule has 0 atom stereocenters. The number of hydrogen-bond donors (Lipinski definition) is 0. The van der Waals surface area contributed by atoms with Gasteiger partial charge < -0.3 is 9.16 Å². The van der Waals surface area contributed by atoms with Crippen molar-refractivity contribution in [3.63, 3.8) is 0 Å². The first kappa shape index (κ1) is 15.9. The van der Waals surface area contributed by atoms with E-state index in [1.54, 1.807) is 0 Å². The number of esters is 1. The molecule has 0 aliphatic carbocycles. The van der Waals surface area contributed by atoms with Crippen LogP contribution in [0.1, 0.15) is 26.3 Å². The number of carbonyl (C=O) groups excluding carboxylic acids is 1. The van der Waals surface area contributed by atoms with Gasteiger partial charge in [-0.3, -0.25) is 4.79 Å². The van der Waals surface area contributed by atoms with Crippen molar-refractivity contribution in [2.75, 3.05) is 7.11 Å². The molecule has 106 valence electrons. The fourth-order valence-corrected chi connectivity index (χ4v) is 4.71. The third kappa shape index (κ3) is 5.16. The summed E-state index contributed by atoms with van der Waals surface area (Å²) in [6.07, 6.45) is 0.318. The van der Waals surface area contributed by atoms with Gasteiger partial charge in [0.15, 0.2) is 0 Å². The maximum atomic E-state index is 11.2. The van der Waals surface area contributed by atoms with Crippen molar-refractivity contribution in [2.45, 2.75) is 45.9 Å². The first-order chi connectivity index (χ1) is 8.64. The van der Waals surface area contributed by atoms with E-state index in [1.165, 1.54) is 12.3 Å². The van der Waals surface area contributed by atoms with Gasteiger partial charge in [0.05, 0.1) is 13.5 Å². The Balaban J connectivity index is 2.83. The van der Waals surface area contributed by atoms with Crippen LogP contribution in [0, 0.1) is 0 Å². The molecule has 1 aromatic carbocycles. The summed E-state index contributed by atoms with van der Waals surface area (Å²) in [5.41, 5.74) is 0.830. The SMILES string of the molecule is COC(=O)Cc1ccc([Si](C)(C)OC(C)(C)C)cc1. The lowest BCUT2D eigenvalue weighted by molar-refractivity contribution is -0.139. The third-order valence-electron chi connectivity index (χ3n) is 2.79. The molecule has 0 heterocycles. The summed E-state index contributed by atoms with van der Waals surface area (Å²) < 4.78 is 10.9. The van der Waals surface area contributed by atoms with Crippen LogP contribution in [0.25, 0.3) is 0 Å². The Morgan fingerprint density at radius 2 is 1.68 bits per heavy atom. The minimum absolute atomic E-state index is 0.138. The number of carbonyl (C=O) groups is 1. The van der Waals surface area contributed by atoms with E-state index in [0.29, 0.717) is 6.42 Å². The predicted molar refractivity (Wildman–Crippen MR) is 80.1 cm³/mol. The normalized spacial score (nSPS) is 12.3. The van der Waals surface area contributed by atoms with Crippen molar-refractivity contribution >= 4 is 19.5 Å². The molecular weight excluding hydrogens is 256 g/mol. The van der Waals surface area contributed by atoms with Gasteiger partial charge in [-0.1, -0.05) is 24.3 Å². The fraction of sp³-hybridized carbons (Fsp3) is 0.533. The Morgan fingerprint density at radius 1 is 1.16 bits per heavy atom. The second-order valence-electron chi connectivity index (χ2n) is 6.17. The number of benzene rings is 1. The lowest BCUT2D eigenvalue weighted by atomic mass is 10.1. The minimum atomic E-state index is -1.90. The first-order valence-electron chi connectivity index (χ1n) is 6.50. The van der Waals surface area contributed by atoms with Crippen molar-refractivity contribution in [3.8, 4) is 0 Å². The average molecular weight is 280 g/mol. The Morgan fingerprint density at radius 3 is 2.11 bits per heavy atom. The van der Waals surface area contributed by atoms with E-state index in [-0.39, 0.29) is 11.6 Å². The second kappa shape index (κ2) is 5.88. The summed E-state index contributed by atoms with van der Waals surface area (Å²) in [6, 6.07) is 8.09. The van der Waals surface area contributed by atoms with Crippen LogP contribution in [-0.2, 0) is 20.4 Å². The van der Waals surface area contributed by atoms with Crippen molar-refractivity contribution in [1.29, 1.82) is 0 Å². The lowest BCUT2D eigenvalue weighted by Gasteiger charge is -2.32. The second-order valence-corrected chi connectivity index (χ2v) is 9.98. The highest BCUT2D eigenvalue weighted by molar-refractivity contribution is 6.84. The smallest absolute Gasteiger partial charge is 0.309 e. The number of ether oxygens (including phenoxy) is 1. The minimum Gasteiger partial charge on any atom is -0.469 e. The average Bonchev–Trinajstić information content (AvgIpc) is 2.26. The molecule has 0 fully saturated rings. The predicted octanol–water partition coefficient (Wildman–Crippen LogP) is 2.63. The molecule has 19 heavy (non-hydrogen) atoms. The standard InChI is InChI=1S/C15H24O3Si/c1-15(2,3)18-19(5,6)13-9-7-12(8-10-13)11-14(16)17-4/h7-10H,11H2,1-6H3. The van der Waals surface area contributed by atoms with E-state index in [2.05, 4.69) is 50.7 Å². The molecule has 1 rings (SSSR count). The first-order valence-corrected chi connectivity index (χ1v) is 9.41. The zero-order chi connectivity index (χ0) is 14.7. The molecular formula is C15H24O3Si. The summed E-state index contributed by atoms with van der Waals surface area (Å²) in [7, 11) is -0.496. The highest BCUT2D eigenvalue weighted by atomic mass is 28.4. The molecule has 0 aliphatic heterocycles. The van der Waals surface area contributed by atoms with Crippen molar-refractivity contribution in [3.05, 3.63) is 29.8 Å². The zero-order valence-corrected chi connectivity index (χ0v) is 13.7. The molecule has 0 spiro atoms. The van der Waals surface area contributed by atoms with Gasteiger partial charge in [0.2, 0.25) is 8.32 Å². The van der Waals surface area contributed by atoms with E-state index < -0.39 is 8.32 Å². The Hall–Kier alpha value is -1.13. The van der Waals surface area contributed by atoms with Crippen LogP contribution in [0.15, 0.2) is 24.3 Å². The molecule has 0 saturated carbocycles. The van der Waals surface area contributed by atoms with Crippen LogP contribution in [0.3, 0.4) is 0 Å². The lowest BCUT2D eigenvalue weighted by Crippen LogP contribution is -2.49. The largest absolute Gasteiger partial charge is 0.469 e. The van der Waals surface area contributed by atoms with Gasteiger partial charge in [-0.2, -0.15) is 0 Å². The summed E-state index contributed by atoms with van der Waals surface area (Å²) >= 11 is 0. The van der Waals surface area contributed by atoms with Gasteiger partial charge in [-0.15, -0.1) is 0 Å². The maximum Gasteiger partial charge on any atom is 0.309 e. The summed E-state index contributed by atoms with van der Waals surface area (Å²) in [5.74, 6) is -0.213.